The predicted octanol–water partition coefficient (Wildman–Crippen LogP) is 3.50. The van der Waals surface area contributed by atoms with Crippen molar-refractivity contribution in [3.63, 3.8) is 0 Å². The molecule has 0 saturated carbocycles. The number of hydrogen-bond donors (Lipinski definition) is 0. The molecule has 0 N–H and O–H groups in total. The highest BCUT2D eigenvalue weighted by atomic mass is 79.9. The van der Waals surface area contributed by atoms with E-state index >= 15 is 0 Å². The Morgan fingerprint density at radius 3 is 2.80 bits per heavy atom. The molecule has 0 saturated heterocycles. The molecule has 4 nitrogen and oxygen atoms in total. The topological polar surface area (TPSA) is 38.1 Å². The third-order valence-corrected chi connectivity index (χ3v) is 3.50. The first-order valence-corrected chi connectivity index (χ1v) is 7.31. The number of nitrogens with zero attached hydrogens (tertiary/aromatic N) is 3. The fourth-order valence-corrected chi connectivity index (χ4v) is 2.48. The largest absolute Gasteiger partial charge is 0.340 e. The molecular formula is C15H18BrN3O. The summed E-state index contributed by atoms with van der Waals surface area (Å²) in [5.74, 6) is -0.00458. The first kappa shape index (κ1) is 14.8. The van der Waals surface area contributed by atoms with Crippen LogP contribution in [-0.2, 0) is 6.54 Å². The van der Waals surface area contributed by atoms with Gasteiger partial charge in [-0.15, -0.1) is 0 Å². The van der Waals surface area contributed by atoms with E-state index in [1.54, 1.807) is 18.1 Å². The Morgan fingerprint density at radius 1 is 1.45 bits per heavy atom. The highest BCUT2D eigenvalue weighted by Gasteiger charge is 2.18. The monoisotopic (exact) mass is 335 g/mol. The van der Waals surface area contributed by atoms with Gasteiger partial charge in [-0.1, -0.05) is 6.07 Å². The molecule has 0 aliphatic rings. The van der Waals surface area contributed by atoms with Gasteiger partial charge in [-0.3, -0.25) is 9.78 Å². The van der Waals surface area contributed by atoms with Crippen molar-refractivity contribution in [2.75, 3.05) is 7.05 Å². The summed E-state index contributed by atoms with van der Waals surface area (Å²) in [6.45, 7) is 4.62. The summed E-state index contributed by atoms with van der Waals surface area (Å²) in [7, 11) is 1.79. The molecule has 0 aliphatic carbocycles. The number of amides is 1. The zero-order valence-corrected chi connectivity index (χ0v) is 13.5. The minimum atomic E-state index is -0.00458. The minimum Gasteiger partial charge on any atom is -0.340 e. The van der Waals surface area contributed by atoms with Gasteiger partial charge < -0.3 is 9.47 Å². The molecule has 5 heteroatoms. The molecule has 2 rings (SSSR count). The van der Waals surface area contributed by atoms with Crippen LogP contribution in [0.5, 0.6) is 0 Å². The van der Waals surface area contributed by atoms with E-state index in [2.05, 4.69) is 34.8 Å². The van der Waals surface area contributed by atoms with Crippen LogP contribution in [0.4, 0.5) is 0 Å². The van der Waals surface area contributed by atoms with Crippen LogP contribution >= 0.6 is 15.9 Å². The zero-order chi connectivity index (χ0) is 14.7. The summed E-state index contributed by atoms with van der Waals surface area (Å²) >= 11 is 3.43. The lowest BCUT2D eigenvalue weighted by Crippen LogP contribution is -2.28. The molecule has 20 heavy (non-hydrogen) atoms. The van der Waals surface area contributed by atoms with Gasteiger partial charge >= 0.3 is 0 Å². The van der Waals surface area contributed by atoms with Gasteiger partial charge in [0.05, 0.1) is 12.2 Å². The van der Waals surface area contributed by atoms with Gasteiger partial charge in [0.15, 0.2) is 0 Å². The van der Waals surface area contributed by atoms with Crippen LogP contribution in [0, 0.1) is 0 Å². The van der Waals surface area contributed by atoms with Crippen molar-refractivity contribution in [2.24, 2.45) is 0 Å². The fraction of sp³-hybridized carbons (Fsp3) is 0.333. The van der Waals surface area contributed by atoms with Gasteiger partial charge in [-0.05, 0) is 48.0 Å². The van der Waals surface area contributed by atoms with Crippen molar-refractivity contribution in [1.29, 1.82) is 0 Å². The molecule has 106 valence electrons. The lowest BCUT2D eigenvalue weighted by molar-refractivity contribution is 0.0771. The summed E-state index contributed by atoms with van der Waals surface area (Å²) < 4.78 is 2.89. The van der Waals surface area contributed by atoms with Crippen molar-refractivity contribution in [3.8, 4) is 0 Å². The van der Waals surface area contributed by atoms with Gasteiger partial charge in [0, 0.05) is 30.0 Å². The minimum absolute atomic E-state index is 0.00458. The van der Waals surface area contributed by atoms with Crippen molar-refractivity contribution in [3.05, 3.63) is 52.5 Å². The summed E-state index contributed by atoms with van der Waals surface area (Å²) in [5, 5.41) is 0. The van der Waals surface area contributed by atoms with Crippen LogP contribution in [0.15, 0.2) is 41.1 Å². The highest BCUT2D eigenvalue weighted by Crippen LogP contribution is 2.20. The van der Waals surface area contributed by atoms with Gasteiger partial charge in [0.1, 0.15) is 5.69 Å². The first-order valence-electron chi connectivity index (χ1n) is 6.51. The molecule has 0 fully saturated rings. The maximum Gasteiger partial charge on any atom is 0.270 e. The molecule has 2 aromatic rings. The van der Waals surface area contributed by atoms with Crippen LogP contribution in [0.2, 0.25) is 0 Å². The lowest BCUT2D eigenvalue weighted by atomic mass is 10.3. The molecule has 0 atom stereocenters. The summed E-state index contributed by atoms with van der Waals surface area (Å²) in [6.07, 6.45) is 3.67. The van der Waals surface area contributed by atoms with E-state index in [1.807, 2.05) is 35.0 Å². The number of carbonyl (C=O) groups is 1. The molecule has 0 unspecified atom stereocenters. The van der Waals surface area contributed by atoms with E-state index in [0.717, 1.165) is 10.2 Å². The number of pyridine rings is 1. The molecule has 0 radical (unpaired) electrons. The number of halogens is 1. The molecule has 0 bridgehead atoms. The van der Waals surface area contributed by atoms with Gasteiger partial charge in [0.2, 0.25) is 0 Å². The average Bonchev–Trinajstić information content (AvgIpc) is 2.81. The van der Waals surface area contributed by atoms with Crippen LogP contribution in [0.1, 0.15) is 36.1 Å². The third-order valence-electron chi connectivity index (χ3n) is 3.06. The smallest absolute Gasteiger partial charge is 0.270 e. The number of carbonyl (C=O) groups excluding carboxylic acids is 1. The maximum atomic E-state index is 12.5. The van der Waals surface area contributed by atoms with Crippen molar-refractivity contribution in [2.45, 2.75) is 26.4 Å². The molecule has 2 aromatic heterocycles. The van der Waals surface area contributed by atoms with Crippen molar-refractivity contribution < 1.29 is 4.79 Å². The van der Waals surface area contributed by atoms with E-state index in [0.29, 0.717) is 12.2 Å². The predicted molar refractivity (Wildman–Crippen MR) is 82.6 cm³/mol. The van der Waals surface area contributed by atoms with Gasteiger partial charge in [0.25, 0.3) is 5.91 Å². The second-order valence-electron chi connectivity index (χ2n) is 5.03. The summed E-state index contributed by atoms with van der Waals surface area (Å²) in [6, 6.07) is 7.81. The zero-order valence-electron chi connectivity index (χ0n) is 11.9. The third kappa shape index (κ3) is 3.28. The summed E-state index contributed by atoms with van der Waals surface area (Å²) in [5.41, 5.74) is 1.57. The van der Waals surface area contributed by atoms with E-state index in [4.69, 9.17) is 0 Å². The van der Waals surface area contributed by atoms with Gasteiger partial charge in [-0.2, -0.15) is 0 Å². The first-order chi connectivity index (χ1) is 9.49. The second-order valence-corrected chi connectivity index (χ2v) is 5.94. The summed E-state index contributed by atoms with van der Waals surface area (Å²) in [4.78, 5) is 18.5. The number of aromatic nitrogens is 2. The Bertz CT molecular complexity index is 592. The highest BCUT2D eigenvalue weighted by molar-refractivity contribution is 9.10. The standard InChI is InChI=1S/C15H18BrN3O/c1-11(2)19-9-12(16)8-14(19)15(20)18(3)10-13-6-4-5-7-17-13/h4-9,11H,10H2,1-3H3. The molecular weight excluding hydrogens is 318 g/mol. The maximum absolute atomic E-state index is 12.5. The SMILES string of the molecule is CC(C)n1cc(Br)cc1C(=O)N(C)Cc1ccccn1. The normalized spacial score (nSPS) is 10.8. The van der Waals surface area contributed by atoms with Crippen molar-refractivity contribution >= 4 is 21.8 Å². The van der Waals surface area contributed by atoms with E-state index in [1.165, 1.54) is 0 Å². The van der Waals surface area contributed by atoms with E-state index in [9.17, 15) is 4.79 Å². The van der Waals surface area contributed by atoms with Crippen LogP contribution in [0.3, 0.4) is 0 Å². The van der Waals surface area contributed by atoms with Crippen LogP contribution in [-0.4, -0.2) is 27.4 Å². The Labute approximate surface area is 127 Å². The van der Waals surface area contributed by atoms with Crippen LogP contribution in [0.25, 0.3) is 0 Å². The number of hydrogen-bond acceptors (Lipinski definition) is 2. The quantitative estimate of drug-likeness (QED) is 0.857. The molecule has 0 spiro atoms. The Morgan fingerprint density at radius 2 is 2.20 bits per heavy atom. The second kappa shape index (κ2) is 6.22. The molecule has 1 amide bonds. The van der Waals surface area contributed by atoms with Crippen molar-refractivity contribution in [1.82, 2.24) is 14.5 Å². The van der Waals surface area contributed by atoms with E-state index < -0.39 is 0 Å². The Hall–Kier alpha value is -1.62. The Kier molecular flexibility index (Phi) is 4.60. The molecule has 0 aromatic carbocycles. The molecule has 2 heterocycles. The Balaban J connectivity index is 2.19. The average molecular weight is 336 g/mol. The fourth-order valence-electron chi connectivity index (χ4n) is 2.05. The molecule has 0 aliphatic heterocycles. The lowest BCUT2D eigenvalue weighted by Gasteiger charge is -2.19. The van der Waals surface area contributed by atoms with Crippen LogP contribution < -0.4 is 0 Å². The van der Waals surface area contributed by atoms with Gasteiger partial charge in [-0.25, -0.2) is 0 Å². The van der Waals surface area contributed by atoms with E-state index in [-0.39, 0.29) is 11.9 Å². The number of rotatable bonds is 4.